The van der Waals surface area contributed by atoms with E-state index in [1.165, 1.54) is 0 Å². The van der Waals surface area contributed by atoms with Gasteiger partial charge in [0.2, 0.25) is 5.91 Å². The van der Waals surface area contributed by atoms with Crippen LogP contribution in [0.3, 0.4) is 0 Å². The standard InChI is InChI=1S/C9H17NO3S/c1-8-4-3-5-10(6-8)9(11)7-14(2,12)13/h8H,3-7H2,1-2H3. The number of hydrogen-bond acceptors (Lipinski definition) is 3. The molecule has 1 fully saturated rings. The Hall–Kier alpha value is -0.580. The largest absolute Gasteiger partial charge is 0.342 e. The quantitative estimate of drug-likeness (QED) is 0.670. The van der Waals surface area contributed by atoms with Crippen LogP contribution in [0.5, 0.6) is 0 Å². The van der Waals surface area contributed by atoms with Crippen molar-refractivity contribution in [2.45, 2.75) is 19.8 Å². The van der Waals surface area contributed by atoms with E-state index in [2.05, 4.69) is 6.92 Å². The summed E-state index contributed by atoms with van der Waals surface area (Å²) in [5, 5.41) is 0. The van der Waals surface area contributed by atoms with Crippen LogP contribution in [0.15, 0.2) is 0 Å². The van der Waals surface area contributed by atoms with E-state index in [9.17, 15) is 13.2 Å². The Morgan fingerprint density at radius 2 is 2.14 bits per heavy atom. The number of carbonyl (C=O) groups excluding carboxylic acids is 1. The van der Waals surface area contributed by atoms with Crippen LogP contribution in [-0.2, 0) is 14.6 Å². The van der Waals surface area contributed by atoms with E-state index in [0.717, 1.165) is 19.1 Å². The lowest BCUT2D eigenvalue weighted by atomic mass is 10.0. The summed E-state index contributed by atoms with van der Waals surface area (Å²) < 4.78 is 21.8. The topological polar surface area (TPSA) is 54.5 Å². The Balaban J connectivity index is 2.52. The Morgan fingerprint density at radius 3 is 2.64 bits per heavy atom. The molecule has 0 N–H and O–H groups in total. The number of nitrogens with zero attached hydrogens (tertiary/aromatic N) is 1. The minimum Gasteiger partial charge on any atom is -0.342 e. The number of carbonyl (C=O) groups is 1. The molecule has 1 amide bonds. The minimum atomic E-state index is -3.18. The van der Waals surface area contributed by atoms with Gasteiger partial charge in [0, 0.05) is 19.3 Å². The summed E-state index contributed by atoms with van der Waals surface area (Å²) in [6.07, 6.45) is 3.21. The molecule has 1 heterocycles. The predicted octanol–water partition coefficient (Wildman–Crippen LogP) is 0.290. The van der Waals surface area contributed by atoms with Crippen molar-refractivity contribution in [2.75, 3.05) is 25.1 Å². The van der Waals surface area contributed by atoms with Crippen molar-refractivity contribution >= 4 is 15.7 Å². The Bertz CT molecular complexity index is 310. The lowest BCUT2D eigenvalue weighted by molar-refractivity contribution is -0.130. The van der Waals surface area contributed by atoms with Crippen LogP contribution in [0.2, 0.25) is 0 Å². The van der Waals surface area contributed by atoms with Gasteiger partial charge in [0.1, 0.15) is 5.75 Å². The molecule has 82 valence electrons. The third-order valence-corrected chi connectivity index (χ3v) is 3.17. The van der Waals surface area contributed by atoms with Crippen LogP contribution in [0.25, 0.3) is 0 Å². The molecule has 0 aromatic heterocycles. The van der Waals surface area contributed by atoms with Crippen LogP contribution >= 0.6 is 0 Å². The maximum absolute atomic E-state index is 11.5. The molecule has 1 aliphatic rings. The third-order valence-electron chi connectivity index (χ3n) is 2.40. The zero-order chi connectivity index (χ0) is 10.8. The monoisotopic (exact) mass is 219 g/mol. The average molecular weight is 219 g/mol. The summed E-state index contributed by atoms with van der Waals surface area (Å²) in [7, 11) is -3.18. The second-order valence-electron chi connectivity index (χ2n) is 4.16. The number of sulfone groups is 1. The van der Waals surface area contributed by atoms with E-state index < -0.39 is 9.84 Å². The molecule has 0 aromatic carbocycles. The molecule has 0 saturated carbocycles. The first-order valence-corrected chi connectivity index (χ1v) is 6.90. The first kappa shape index (κ1) is 11.5. The summed E-state index contributed by atoms with van der Waals surface area (Å²) in [6, 6.07) is 0. The molecular formula is C9H17NO3S. The summed E-state index contributed by atoms with van der Waals surface area (Å²) in [5.41, 5.74) is 0. The smallest absolute Gasteiger partial charge is 0.237 e. The summed E-state index contributed by atoms with van der Waals surface area (Å²) in [6.45, 7) is 3.49. The summed E-state index contributed by atoms with van der Waals surface area (Å²) in [5.74, 6) is -0.106. The Labute approximate surface area is 85.2 Å². The Morgan fingerprint density at radius 1 is 1.50 bits per heavy atom. The molecule has 4 nitrogen and oxygen atoms in total. The highest BCUT2D eigenvalue weighted by atomic mass is 32.2. The molecule has 1 rings (SSSR count). The van der Waals surface area contributed by atoms with Gasteiger partial charge < -0.3 is 4.90 Å². The number of rotatable bonds is 2. The van der Waals surface area contributed by atoms with Crippen molar-refractivity contribution in [1.29, 1.82) is 0 Å². The van der Waals surface area contributed by atoms with Crippen LogP contribution in [0, 0.1) is 5.92 Å². The molecule has 1 unspecified atom stereocenters. The molecule has 0 bridgehead atoms. The molecule has 1 saturated heterocycles. The number of amides is 1. The molecule has 0 aliphatic carbocycles. The summed E-state index contributed by atoms with van der Waals surface area (Å²) >= 11 is 0. The van der Waals surface area contributed by atoms with E-state index in [4.69, 9.17) is 0 Å². The Kier molecular flexibility index (Phi) is 3.53. The average Bonchev–Trinajstić information content (AvgIpc) is 2.01. The van der Waals surface area contributed by atoms with E-state index in [1.807, 2.05) is 0 Å². The van der Waals surface area contributed by atoms with Gasteiger partial charge in [-0.05, 0) is 18.8 Å². The van der Waals surface area contributed by atoms with Gasteiger partial charge in [0.25, 0.3) is 0 Å². The van der Waals surface area contributed by atoms with Gasteiger partial charge in [0.15, 0.2) is 9.84 Å². The number of piperidine rings is 1. The maximum atomic E-state index is 11.5. The third kappa shape index (κ3) is 3.65. The van der Waals surface area contributed by atoms with Gasteiger partial charge in [0.05, 0.1) is 0 Å². The number of likely N-dealkylation sites (tertiary alicyclic amines) is 1. The molecule has 0 radical (unpaired) electrons. The molecule has 14 heavy (non-hydrogen) atoms. The maximum Gasteiger partial charge on any atom is 0.237 e. The van der Waals surface area contributed by atoms with Crippen molar-refractivity contribution in [1.82, 2.24) is 4.90 Å². The first-order valence-electron chi connectivity index (χ1n) is 4.84. The van der Waals surface area contributed by atoms with Crippen molar-refractivity contribution in [3.63, 3.8) is 0 Å². The fourth-order valence-electron chi connectivity index (χ4n) is 1.73. The SMILES string of the molecule is CC1CCCN(C(=O)CS(C)(=O)=O)C1. The van der Waals surface area contributed by atoms with Crippen molar-refractivity contribution in [2.24, 2.45) is 5.92 Å². The van der Waals surface area contributed by atoms with E-state index in [-0.39, 0.29) is 11.7 Å². The number of hydrogen-bond donors (Lipinski definition) is 0. The van der Waals surface area contributed by atoms with Gasteiger partial charge in [-0.25, -0.2) is 8.42 Å². The second-order valence-corrected chi connectivity index (χ2v) is 6.30. The fourth-order valence-corrected chi connectivity index (χ4v) is 2.36. The predicted molar refractivity (Wildman–Crippen MR) is 54.7 cm³/mol. The van der Waals surface area contributed by atoms with Gasteiger partial charge in [-0.3, -0.25) is 4.79 Å². The fraction of sp³-hybridized carbons (Fsp3) is 0.889. The lowest BCUT2D eigenvalue weighted by Crippen LogP contribution is -2.41. The molecule has 5 heteroatoms. The molecule has 1 atom stereocenters. The molecule has 1 aliphatic heterocycles. The highest BCUT2D eigenvalue weighted by Crippen LogP contribution is 2.15. The zero-order valence-corrected chi connectivity index (χ0v) is 9.51. The normalized spacial score (nSPS) is 23.6. The zero-order valence-electron chi connectivity index (χ0n) is 8.69. The molecular weight excluding hydrogens is 202 g/mol. The highest BCUT2D eigenvalue weighted by Gasteiger charge is 2.23. The van der Waals surface area contributed by atoms with Crippen molar-refractivity contribution < 1.29 is 13.2 Å². The molecule has 0 aromatic rings. The lowest BCUT2D eigenvalue weighted by Gasteiger charge is -2.30. The van der Waals surface area contributed by atoms with Gasteiger partial charge in [-0.15, -0.1) is 0 Å². The van der Waals surface area contributed by atoms with Crippen LogP contribution in [0.1, 0.15) is 19.8 Å². The van der Waals surface area contributed by atoms with E-state index in [0.29, 0.717) is 19.0 Å². The van der Waals surface area contributed by atoms with Crippen molar-refractivity contribution in [3.8, 4) is 0 Å². The van der Waals surface area contributed by atoms with Gasteiger partial charge >= 0.3 is 0 Å². The summed E-state index contributed by atoms with van der Waals surface area (Å²) in [4.78, 5) is 13.2. The van der Waals surface area contributed by atoms with E-state index in [1.54, 1.807) is 4.90 Å². The van der Waals surface area contributed by atoms with Crippen LogP contribution < -0.4 is 0 Å². The highest BCUT2D eigenvalue weighted by molar-refractivity contribution is 7.91. The van der Waals surface area contributed by atoms with Crippen molar-refractivity contribution in [3.05, 3.63) is 0 Å². The minimum absolute atomic E-state index is 0.251. The van der Waals surface area contributed by atoms with Crippen LogP contribution in [0.4, 0.5) is 0 Å². The van der Waals surface area contributed by atoms with E-state index >= 15 is 0 Å². The second kappa shape index (κ2) is 4.29. The van der Waals surface area contributed by atoms with Crippen LogP contribution in [-0.4, -0.2) is 44.3 Å². The first-order chi connectivity index (χ1) is 6.38. The molecule has 0 spiro atoms. The van der Waals surface area contributed by atoms with Gasteiger partial charge in [-0.1, -0.05) is 6.92 Å². The van der Waals surface area contributed by atoms with Gasteiger partial charge in [-0.2, -0.15) is 0 Å².